The van der Waals surface area contributed by atoms with E-state index in [9.17, 15) is 0 Å². The molecule has 0 nitrogen and oxygen atoms in total. The van der Waals surface area contributed by atoms with E-state index in [0.717, 1.165) is 5.92 Å². The first-order chi connectivity index (χ1) is 5.95. The van der Waals surface area contributed by atoms with Crippen LogP contribution in [0.3, 0.4) is 0 Å². The maximum Gasteiger partial charge on any atom is 4.00 e. The molecule has 0 bridgehead atoms. The molecule has 4 heteroatoms. The van der Waals surface area contributed by atoms with E-state index in [4.69, 9.17) is 0 Å². The third kappa shape index (κ3) is 7.30. The van der Waals surface area contributed by atoms with Gasteiger partial charge in [0.15, 0.2) is 0 Å². The SMILES string of the molecule is [Cl-].[Cl-].[Cl-].[Ti+4].c1cc[c-](CC2CCCCC2)c1. The van der Waals surface area contributed by atoms with Gasteiger partial charge in [0, 0.05) is 0 Å². The van der Waals surface area contributed by atoms with Crippen molar-refractivity contribution in [3.8, 4) is 0 Å². The van der Waals surface area contributed by atoms with Crippen LogP contribution in [0.2, 0.25) is 0 Å². The molecule has 0 unspecified atom stereocenters. The van der Waals surface area contributed by atoms with Crippen molar-refractivity contribution >= 4 is 0 Å². The minimum absolute atomic E-state index is 0. The molecular weight excluding hydrogens is 298 g/mol. The van der Waals surface area contributed by atoms with Gasteiger partial charge in [0.1, 0.15) is 0 Å². The van der Waals surface area contributed by atoms with Gasteiger partial charge in [-0.15, -0.1) is 0 Å². The van der Waals surface area contributed by atoms with Gasteiger partial charge in [0.25, 0.3) is 0 Å². The second-order valence-corrected chi connectivity index (χ2v) is 4.00. The van der Waals surface area contributed by atoms with Crippen LogP contribution in [0.1, 0.15) is 37.7 Å². The van der Waals surface area contributed by atoms with E-state index in [2.05, 4.69) is 24.3 Å². The molecule has 0 aromatic heterocycles. The zero-order valence-corrected chi connectivity index (χ0v) is 13.1. The van der Waals surface area contributed by atoms with E-state index >= 15 is 0 Å². The zero-order valence-electron chi connectivity index (χ0n) is 9.26. The van der Waals surface area contributed by atoms with Gasteiger partial charge < -0.3 is 37.2 Å². The van der Waals surface area contributed by atoms with Crippen LogP contribution in [-0.2, 0) is 28.1 Å². The van der Waals surface area contributed by atoms with Crippen molar-refractivity contribution in [1.82, 2.24) is 0 Å². The first-order valence-corrected chi connectivity index (χ1v) is 5.16. The predicted octanol–water partition coefficient (Wildman–Crippen LogP) is -5.46. The summed E-state index contributed by atoms with van der Waals surface area (Å²) in [5.41, 5.74) is 1.54. The van der Waals surface area contributed by atoms with Gasteiger partial charge in [-0.05, 0) is 5.92 Å². The summed E-state index contributed by atoms with van der Waals surface area (Å²) in [5, 5.41) is 0. The summed E-state index contributed by atoms with van der Waals surface area (Å²) in [6, 6.07) is 8.82. The Bertz CT molecular complexity index is 218. The number of rotatable bonds is 2. The van der Waals surface area contributed by atoms with E-state index in [0.29, 0.717) is 0 Å². The van der Waals surface area contributed by atoms with E-state index < -0.39 is 0 Å². The molecule has 1 aliphatic rings. The Morgan fingerprint density at radius 3 is 1.88 bits per heavy atom. The number of hydrogen-bond acceptors (Lipinski definition) is 0. The van der Waals surface area contributed by atoms with Gasteiger partial charge in [-0.25, -0.2) is 12.1 Å². The molecule has 0 spiro atoms. The van der Waals surface area contributed by atoms with Crippen molar-refractivity contribution < 1.29 is 58.9 Å². The van der Waals surface area contributed by atoms with E-state index in [1.807, 2.05) is 0 Å². The Kier molecular flexibility index (Phi) is 17.2. The van der Waals surface area contributed by atoms with Crippen LogP contribution in [-0.4, -0.2) is 0 Å². The van der Waals surface area contributed by atoms with Gasteiger partial charge in [0.2, 0.25) is 0 Å². The Morgan fingerprint density at radius 2 is 1.38 bits per heavy atom. The van der Waals surface area contributed by atoms with Gasteiger partial charge in [-0.3, -0.25) is 0 Å². The topological polar surface area (TPSA) is 0 Å². The standard InChI is InChI=1S/C12H17.3ClH.Ti/c1-2-6-11(7-3-1)10-12-8-4-5-9-12;;;;/h4-5,8-9,11H,1-3,6-7,10H2;3*1H;/q-1;;;;+4/p-3. The quantitative estimate of drug-likeness (QED) is 0.377. The third-order valence-electron chi connectivity index (χ3n) is 2.98. The van der Waals surface area contributed by atoms with Crippen molar-refractivity contribution in [1.29, 1.82) is 0 Å². The molecule has 1 aliphatic carbocycles. The minimum Gasteiger partial charge on any atom is -1.00 e. The van der Waals surface area contributed by atoms with Crippen molar-refractivity contribution in [3.05, 3.63) is 29.8 Å². The van der Waals surface area contributed by atoms with Crippen LogP contribution in [0.4, 0.5) is 0 Å². The minimum atomic E-state index is 0. The molecular formula is C12H17Cl3Ti. The molecule has 1 aromatic rings. The molecule has 1 fully saturated rings. The molecule has 1 saturated carbocycles. The number of halogens is 3. The summed E-state index contributed by atoms with van der Waals surface area (Å²) >= 11 is 0. The summed E-state index contributed by atoms with van der Waals surface area (Å²) in [6.07, 6.45) is 8.65. The van der Waals surface area contributed by atoms with Gasteiger partial charge in [-0.1, -0.05) is 38.5 Å². The monoisotopic (exact) mass is 314 g/mol. The fourth-order valence-electron chi connectivity index (χ4n) is 2.27. The van der Waals surface area contributed by atoms with Crippen molar-refractivity contribution in [3.63, 3.8) is 0 Å². The van der Waals surface area contributed by atoms with E-state index in [1.54, 1.807) is 5.56 Å². The zero-order chi connectivity index (χ0) is 8.23. The molecule has 0 radical (unpaired) electrons. The smallest absolute Gasteiger partial charge is 1.00 e. The molecule has 0 atom stereocenters. The van der Waals surface area contributed by atoms with Crippen molar-refractivity contribution in [2.24, 2.45) is 5.92 Å². The molecule has 0 amide bonds. The Morgan fingerprint density at radius 1 is 0.875 bits per heavy atom. The van der Waals surface area contributed by atoms with Crippen LogP contribution in [0.15, 0.2) is 24.3 Å². The van der Waals surface area contributed by atoms with Crippen LogP contribution in [0.25, 0.3) is 0 Å². The molecule has 16 heavy (non-hydrogen) atoms. The molecule has 0 heterocycles. The normalized spacial score (nSPS) is 14.8. The molecule has 1 aromatic carbocycles. The summed E-state index contributed by atoms with van der Waals surface area (Å²) in [5.74, 6) is 0.987. The fraction of sp³-hybridized carbons (Fsp3) is 0.583. The van der Waals surface area contributed by atoms with E-state index in [1.165, 1.54) is 38.5 Å². The second-order valence-electron chi connectivity index (χ2n) is 4.00. The second kappa shape index (κ2) is 12.4. The average molecular weight is 315 g/mol. The Hall–Kier alpha value is 0.934. The number of hydrogen-bond donors (Lipinski definition) is 0. The summed E-state index contributed by atoms with van der Waals surface area (Å²) in [6.45, 7) is 0. The maximum atomic E-state index is 2.26. The average Bonchev–Trinajstić information content (AvgIpc) is 2.59. The molecule has 2 rings (SSSR count). The van der Waals surface area contributed by atoms with E-state index in [-0.39, 0.29) is 58.9 Å². The molecule has 0 N–H and O–H groups in total. The van der Waals surface area contributed by atoms with Crippen LogP contribution in [0, 0.1) is 5.92 Å². The fourth-order valence-corrected chi connectivity index (χ4v) is 2.27. The molecule has 0 aliphatic heterocycles. The van der Waals surface area contributed by atoms with Gasteiger partial charge >= 0.3 is 21.7 Å². The van der Waals surface area contributed by atoms with Gasteiger partial charge in [-0.2, -0.15) is 17.7 Å². The predicted molar refractivity (Wildman–Crippen MR) is 52.3 cm³/mol. The van der Waals surface area contributed by atoms with Crippen LogP contribution >= 0.6 is 0 Å². The van der Waals surface area contributed by atoms with Gasteiger partial charge in [0.05, 0.1) is 0 Å². The first kappa shape index (κ1) is 22.1. The summed E-state index contributed by atoms with van der Waals surface area (Å²) in [7, 11) is 0. The van der Waals surface area contributed by atoms with Crippen LogP contribution < -0.4 is 37.2 Å². The Labute approximate surface area is 132 Å². The van der Waals surface area contributed by atoms with Crippen molar-refractivity contribution in [2.75, 3.05) is 0 Å². The molecule has 90 valence electrons. The summed E-state index contributed by atoms with van der Waals surface area (Å²) in [4.78, 5) is 0. The largest absolute Gasteiger partial charge is 4.00 e. The third-order valence-corrected chi connectivity index (χ3v) is 2.98. The first-order valence-electron chi connectivity index (χ1n) is 5.16. The summed E-state index contributed by atoms with van der Waals surface area (Å²) < 4.78 is 0. The maximum absolute atomic E-state index is 2.26. The van der Waals surface area contributed by atoms with Crippen LogP contribution in [0.5, 0.6) is 0 Å². The molecule has 0 saturated heterocycles. The Balaban J connectivity index is -0.000000422. The van der Waals surface area contributed by atoms with Crippen molar-refractivity contribution in [2.45, 2.75) is 38.5 Å².